The molecule has 1 saturated carbocycles. The Bertz CT molecular complexity index is 710. The van der Waals surface area contributed by atoms with Gasteiger partial charge in [-0.05, 0) is 69.2 Å². The minimum atomic E-state index is -4.44. The predicted octanol–water partition coefficient (Wildman–Crippen LogP) is 3.88. The summed E-state index contributed by atoms with van der Waals surface area (Å²) in [5.41, 5.74) is 2.09. The molecule has 1 aliphatic heterocycles. The lowest BCUT2D eigenvalue weighted by Gasteiger charge is -2.37. The second kappa shape index (κ2) is 10.7. The first-order valence-electron chi connectivity index (χ1n) is 11.3. The number of aliphatic hydroxyl groups is 1. The van der Waals surface area contributed by atoms with Gasteiger partial charge in [0, 0.05) is 37.9 Å². The largest absolute Gasteiger partial charge is 0.397 e. The highest BCUT2D eigenvalue weighted by molar-refractivity contribution is 5.76. The van der Waals surface area contributed by atoms with Crippen molar-refractivity contribution in [1.29, 1.82) is 0 Å². The van der Waals surface area contributed by atoms with Crippen molar-refractivity contribution >= 4 is 11.6 Å². The Morgan fingerprint density at radius 3 is 2.45 bits per heavy atom. The fourth-order valence-electron chi connectivity index (χ4n) is 4.63. The number of carbonyl (C=O) groups excluding carboxylic acids is 1. The van der Waals surface area contributed by atoms with Crippen LogP contribution in [0.2, 0.25) is 0 Å². The molecule has 1 unspecified atom stereocenters. The van der Waals surface area contributed by atoms with Gasteiger partial charge in [-0.3, -0.25) is 9.69 Å². The molecule has 1 aromatic rings. The molecule has 31 heavy (non-hydrogen) atoms. The molecule has 2 N–H and O–H groups in total. The van der Waals surface area contributed by atoms with Gasteiger partial charge < -0.3 is 15.3 Å². The van der Waals surface area contributed by atoms with Crippen molar-refractivity contribution in [3.63, 3.8) is 0 Å². The van der Waals surface area contributed by atoms with E-state index in [0.29, 0.717) is 5.92 Å². The highest BCUT2D eigenvalue weighted by atomic mass is 19.4. The third-order valence-electron chi connectivity index (χ3n) is 6.52. The van der Waals surface area contributed by atoms with E-state index in [0.717, 1.165) is 76.1 Å². The number of carbonyl (C=O) groups is 1. The molecule has 0 aromatic heterocycles. The molecule has 1 heterocycles. The van der Waals surface area contributed by atoms with Gasteiger partial charge in [0.1, 0.15) is 6.42 Å². The lowest BCUT2D eigenvalue weighted by Crippen LogP contribution is -2.47. The van der Waals surface area contributed by atoms with E-state index in [4.69, 9.17) is 0 Å². The van der Waals surface area contributed by atoms with Gasteiger partial charge in [-0.15, -0.1) is 0 Å². The first-order valence-corrected chi connectivity index (χ1v) is 11.3. The number of amides is 1. The van der Waals surface area contributed by atoms with E-state index in [9.17, 15) is 23.1 Å². The van der Waals surface area contributed by atoms with Crippen LogP contribution in [0.15, 0.2) is 24.3 Å². The van der Waals surface area contributed by atoms with Crippen molar-refractivity contribution in [3.05, 3.63) is 29.8 Å². The Hall–Kier alpha value is -1.80. The van der Waals surface area contributed by atoms with Gasteiger partial charge in [-0.25, -0.2) is 0 Å². The summed E-state index contributed by atoms with van der Waals surface area (Å²) in [6.07, 6.45) is -1.74. The fourth-order valence-corrected chi connectivity index (χ4v) is 4.63. The number of aliphatic hydroxyl groups excluding tert-OH is 1. The van der Waals surface area contributed by atoms with E-state index in [1.807, 2.05) is 12.1 Å². The Kier molecular flexibility index (Phi) is 8.22. The molecule has 2 fully saturated rings. The highest BCUT2D eigenvalue weighted by Gasteiger charge is 2.32. The van der Waals surface area contributed by atoms with Crippen molar-refractivity contribution in [2.45, 2.75) is 63.8 Å². The summed E-state index contributed by atoms with van der Waals surface area (Å²) < 4.78 is 36.9. The summed E-state index contributed by atoms with van der Waals surface area (Å²) in [7, 11) is 0. The molecule has 1 saturated heterocycles. The van der Waals surface area contributed by atoms with Crippen LogP contribution in [-0.4, -0.2) is 60.9 Å². The van der Waals surface area contributed by atoms with Gasteiger partial charge in [0.05, 0.1) is 6.10 Å². The molecule has 3 rings (SSSR count). The maximum Gasteiger partial charge on any atom is 0.397 e. The number of anilines is 1. The van der Waals surface area contributed by atoms with Crippen LogP contribution < -0.4 is 10.2 Å². The number of hydrogen-bond donors (Lipinski definition) is 2. The van der Waals surface area contributed by atoms with Crippen LogP contribution in [0.1, 0.15) is 57.1 Å². The molecule has 1 aromatic carbocycles. The summed E-state index contributed by atoms with van der Waals surface area (Å²) in [6, 6.07) is 7.97. The Morgan fingerprint density at radius 1 is 1.16 bits per heavy atom. The number of hydrogen-bond acceptors (Lipinski definition) is 4. The standard InChI is InChI=1S/C23H34F3N3O2/c1-17(30)19-3-2-4-21(15-19)29-13-11-28(12-14-29)10-9-18-5-7-20(8-6-18)27-22(31)16-23(24,25)26/h2-4,15,17-18,20,30H,5-14,16H2,1H3,(H,27,31)/t17?,18-,20-. The van der Waals surface area contributed by atoms with E-state index in [2.05, 4.69) is 27.2 Å². The van der Waals surface area contributed by atoms with Crippen LogP contribution in [-0.2, 0) is 4.79 Å². The highest BCUT2D eigenvalue weighted by Crippen LogP contribution is 2.28. The predicted molar refractivity (Wildman–Crippen MR) is 115 cm³/mol. The van der Waals surface area contributed by atoms with E-state index in [1.54, 1.807) is 6.92 Å². The van der Waals surface area contributed by atoms with Gasteiger partial charge in [0.2, 0.25) is 5.91 Å². The quantitative estimate of drug-likeness (QED) is 0.674. The minimum absolute atomic E-state index is 0.118. The Balaban J connectivity index is 1.34. The fraction of sp³-hybridized carbons (Fsp3) is 0.696. The molecule has 0 bridgehead atoms. The Morgan fingerprint density at radius 2 is 1.84 bits per heavy atom. The number of nitrogens with zero attached hydrogens (tertiary/aromatic N) is 2. The van der Waals surface area contributed by atoms with Crippen molar-refractivity contribution in [3.8, 4) is 0 Å². The van der Waals surface area contributed by atoms with E-state index < -0.39 is 24.6 Å². The normalized spacial score (nSPS) is 24.1. The molecule has 0 spiro atoms. The maximum atomic E-state index is 12.3. The summed E-state index contributed by atoms with van der Waals surface area (Å²) in [6.45, 7) is 6.74. The lowest BCUT2D eigenvalue weighted by molar-refractivity contribution is -0.154. The number of nitrogens with one attached hydrogen (secondary N) is 1. The van der Waals surface area contributed by atoms with Crippen LogP contribution in [0.4, 0.5) is 18.9 Å². The molecule has 1 aliphatic carbocycles. The van der Waals surface area contributed by atoms with Gasteiger partial charge in [0.15, 0.2) is 0 Å². The number of piperazine rings is 1. The molecule has 1 amide bonds. The summed E-state index contributed by atoms with van der Waals surface area (Å²) >= 11 is 0. The number of benzene rings is 1. The SMILES string of the molecule is CC(O)c1cccc(N2CCN(CC[C@H]3CC[C@H](NC(=O)CC(F)(F)F)CC3)CC2)c1. The van der Waals surface area contributed by atoms with Crippen molar-refractivity contribution < 1.29 is 23.1 Å². The third kappa shape index (κ3) is 7.68. The van der Waals surface area contributed by atoms with Gasteiger partial charge in [-0.2, -0.15) is 13.2 Å². The van der Waals surface area contributed by atoms with Gasteiger partial charge in [-0.1, -0.05) is 12.1 Å². The van der Waals surface area contributed by atoms with E-state index in [-0.39, 0.29) is 6.04 Å². The number of halogens is 3. The average molecular weight is 442 g/mol. The second-order valence-corrected chi connectivity index (χ2v) is 8.97. The number of alkyl halides is 3. The first-order chi connectivity index (χ1) is 14.7. The van der Waals surface area contributed by atoms with Gasteiger partial charge >= 0.3 is 6.18 Å². The second-order valence-electron chi connectivity index (χ2n) is 8.97. The van der Waals surface area contributed by atoms with Crippen molar-refractivity contribution in [2.24, 2.45) is 5.92 Å². The molecule has 1 atom stereocenters. The van der Waals surface area contributed by atoms with Crippen molar-refractivity contribution in [1.82, 2.24) is 10.2 Å². The lowest BCUT2D eigenvalue weighted by atomic mass is 9.84. The zero-order valence-electron chi connectivity index (χ0n) is 18.2. The minimum Gasteiger partial charge on any atom is -0.389 e. The Labute approximate surface area is 182 Å². The zero-order valence-corrected chi connectivity index (χ0v) is 18.2. The van der Waals surface area contributed by atoms with Crippen LogP contribution in [0.25, 0.3) is 0 Å². The van der Waals surface area contributed by atoms with Crippen LogP contribution in [0, 0.1) is 5.92 Å². The van der Waals surface area contributed by atoms with Crippen LogP contribution >= 0.6 is 0 Å². The molecule has 174 valence electrons. The molecule has 2 aliphatic rings. The molecular formula is C23H34F3N3O2. The van der Waals surface area contributed by atoms with Gasteiger partial charge in [0.25, 0.3) is 0 Å². The summed E-state index contributed by atoms with van der Waals surface area (Å²) in [5.74, 6) is -0.329. The van der Waals surface area contributed by atoms with Crippen molar-refractivity contribution in [2.75, 3.05) is 37.6 Å². The average Bonchev–Trinajstić information content (AvgIpc) is 2.72. The zero-order chi connectivity index (χ0) is 22.4. The summed E-state index contributed by atoms with van der Waals surface area (Å²) in [5, 5.41) is 12.3. The topological polar surface area (TPSA) is 55.8 Å². The molecule has 5 nitrogen and oxygen atoms in total. The van der Waals surface area contributed by atoms with Crippen LogP contribution in [0.5, 0.6) is 0 Å². The maximum absolute atomic E-state index is 12.3. The van der Waals surface area contributed by atoms with E-state index >= 15 is 0 Å². The number of rotatable bonds is 7. The third-order valence-corrected chi connectivity index (χ3v) is 6.52. The molecule has 0 radical (unpaired) electrons. The summed E-state index contributed by atoms with van der Waals surface area (Å²) in [4.78, 5) is 16.3. The first kappa shape index (κ1) is 23.9. The smallest absolute Gasteiger partial charge is 0.389 e. The molecule has 8 heteroatoms. The van der Waals surface area contributed by atoms with Crippen LogP contribution in [0.3, 0.4) is 0 Å². The molecular weight excluding hydrogens is 407 g/mol. The monoisotopic (exact) mass is 441 g/mol. The van der Waals surface area contributed by atoms with E-state index in [1.165, 1.54) is 0 Å².